The average molecular weight is 386 g/mol. The molecule has 0 amide bonds. The lowest BCUT2D eigenvalue weighted by Crippen LogP contribution is -2.35. The van der Waals surface area contributed by atoms with Crippen molar-refractivity contribution in [1.82, 2.24) is 0 Å². The molecule has 0 heterocycles. The van der Waals surface area contributed by atoms with Gasteiger partial charge in [0, 0.05) is 10.7 Å². The summed E-state index contributed by atoms with van der Waals surface area (Å²) in [6, 6.07) is 3.40. The molecule has 0 aliphatic carbocycles. The van der Waals surface area contributed by atoms with Crippen LogP contribution in [0.3, 0.4) is 0 Å². The SMILES string of the molecule is COc1cc(Br)c(C(Cl)C(C)(C)S(C)(=O)=O)cc1OC. The molecule has 4 nitrogen and oxygen atoms in total. The number of hydrogen-bond donors (Lipinski definition) is 0. The Morgan fingerprint density at radius 3 is 2.05 bits per heavy atom. The summed E-state index contributed by atoms with van der Waals surface area (Å²) in [6.45, 7) is 3.20. The fourth-order valence-corrected chi connectivity index (χ4v) is 3.48. The zero-order valence-corrected chi connectivity index (χ0v) is 15.2. The summed E-state index contributed by atoms with van der Waals surface area (Å²) in [5, 5.41) is -0.730. The fourth-order valence-electron chi connectivity index (χ4n) is 1.63. The Morgan fingerprint density at radius 1 is 1.20 bits per heavy atom. The highest BCUT2D eigenvalue weighted by Gasteiger charge is 2.40. The first-order valence-electron chi connectivity index (χ1n) is 5.81. The van der Waals surface area contributed by atoms with Crippen molar-refractivity contribution in [2.75, 3.05) is 20.5 Å². The van der Waals surface area contributed by atoms with Crippen molar-refractivity contribution in [3.05, 3.63) is 22.2 Å². The van der Waals surface area contributed by atoms with Gasteiger partial charge in [-0.1, -0.05) is 15.9 Å². The molecule has 0 saturated heterocycles. The molecule has 0 spiro atoms. The van der Waals surface area contributed by atoms with Crippen molar-refractivity contribution in [1.29, 1.82) is 0 Å². The van der Waals surface area contributed by atoms with Gasteiger partial charge >= 0.3 is 0 Å². The molecule has 1 rings (SSSR count). The Balaban J connectivity index is 3.41. The molecule has 7 heteroatoms. The first-order chi connectivity index (χ1) is 9.06. The lowest BCUT2D eigenvalue weighted by molar-refractivity contribution is 0.354. The first-order valence-corrected chi connectivity index (χ1v) is 8.93. The summed E-state index contributed by atoms with van der Waals surface area (Å²) in [5.41, 5.74) is 0.639. The minimum absolute atomic E-state index is 0.501. The van der Waals surface area contributed by atoms with Crippen LogP contribution in [0.25, 0.3) is 0 Å². The second-order valence-corrected chi connectivity index (χ2v) is 8.85. The summed E-state index contributed by atoms with van der Waals surface area (Å²) in [5.74, 6) is 1.05. The van der Waals surface area contributed by atoms with Crippen molar-refractivity contribution in [3.8, 4) is 11.5 Å². The summed E-state index contributed by atoms with van der Waals surface area (Å²) in [6.07, 6.45) is 1.18. The van der Waals surface area contributed by atoms with Gasteiger partial charge in [-0.05, 0) is 31.5 Å². The van der Waals surface area contributed by atoms with E-state index >= 15 is 0 Å². The van der Waals surface area contributed by atoms with E-state index < -0.39 is 20.0 Å². The Labute approximate surface area is 133 Å². The van der Waals surface area contributed by atoms with Gasteiger partial charge in [0.1, 0.15) is 0 Å². The Kier molecular flexibility index (Phi) is 5.38. The second kappa shape index (κ2) is 6.12. The molecular weight excluding hydrogens is 368 g/mol. The third-order valence-corrected chi connectivity index (χ3v) is 7.09. The Bertz CT molecular complexity index is 599. The molecule has 0 aliphatic heterocycles. The van der Waals surface area contributed by atoms with E-state index in [1.807, 2.05) is 0 Å². The maximum absolute atomic E-state index is 11.9. The minimum Gasteiger partial charge on any atom is -0.493 e. The van der Waals surface area contributed by atoms with E-state index in [4.69, 9.17) is 21.1 Å². The number of sulfone groups is 1. The van der Waals surface area contributed by atoms with Crippen LogP contribution in [0.1, 0.15) is 24.8 Å². The third kappa shape index (κ3) is 3.23. The summed E-state index contributed by atoms with van der Waals surface area (Å²) in [7, 11) is -0.282. The van der Waals surface area contributed by atoms with E-state index in [-0.39, 0.29) is 0 Å². The molecule has 1 aromatic carbocycles. The van der Waals surface area contributed by atoms with E-state index in [0.717, 1.165) is 0 Å². The van der Waals surface area contributed by atoms with Crippen LogP contribution < -0.4 is 9.47 Å². The van der Waals surface area contributed by atoms with E-state index in [9.17, 15) is 8.42 Å². The number of hydrogen-bond acceptors (Lipinski definition) is 4. The normalized spacial score (nSPS) is 13.9. The second-order valence-electron chi connectivity index (χ2n) is 4.97. The van der Waals surface area contributed by atoms with Crippen molar-refractivity contribution < 1.29 is 17.9 Å². The predicted octanol–water partition coefficient (Wildman–Crippen LogP) is 3.57. The first kappa shape index (κ1) is 17.6. The predicted molar refractivity (Wildman–Crippen MR) is 84.8 cm³/mol. The minimum atomic E-state index is -3.33. The Morgan fingerprint density at radius 2 is 1.65 bits per heavy atom. The molecule has 0 fully saturated rings. The Hall–Kier alpha value is -0.460. The summed E-state index contributed by atoms with van der Waals surface area (Å²) in [4.78, 5) is 0. The lowest BCUT2D eigenvalue weighted by atomic mass is 10.0. The summed E-state index contributed by atoms with van der Waals surface area (Å²) < 4.78 is 33.8. The van der Waals surface area contributed by atoms with Crippen LogP contribution in [-0.2, 0) is 9.84 Å². The maximum atomic E-state index is 11.9. The van der Waals surface area contributed by atoms with Gasteiger partial charge < -0.3 is 9.47 Å². The van der Waals surface area contributed by atoms with Crippen LogP contribution in [0.4, 0.5) is 0 Å². The highest BCUT2D eigenvalue weighted by molar-refractivity contribution is 9.10. The molecule has 1 unspecified atom stereocenters. The van der Waals surface area contributed by atoms with Crippen LogP contribution in [0.2, 0.25) is 0 Å². The molecule has 1 aromatic rings. The van der Waals surface area contributed by atoms with Crippen molar-refractivity contribution in [3.63, 3.8) is 0 Å². The largest absolute Gasteiger partial charge is 0.493 e. The van der Waals surface area contributed by atoms with E-state index in [1.165, 1.54) is 20.5 Å². The average Bonchev–Trinajstić information content (AvgIpc) is 2.36. The highest BCUT2D eigenvalue weighted by atomic mass is 79.9. The molecule has 0 N–H and O–H groups in total. The zero-order valence-electron chi connectivity index (χ0n) is 12.0. The van der Waals surface area contributed by atoms with E-state index in [1.54, 1.807) is 26.0 Å². The maximum Gasteiger partial charge on any atom is 0.161 e. The van der Waals surface area contributed by atoms with Crippen LogP contribution in [-0.4, -0.2) is 33.6 Å². The molecule has 20 heavy (non-hydrogen) atoms. The quantitative estimate of drug-likeness (QED) is 0.727. The van der Waals surface area contributed by atoms with Crippen LogP contribution in [0.5, 0.6) is 11.5 Å². The fraction of sp³-hybridized carbons (Fsp3) is 0.538. The molecule has 0 aliphatic rings. The number of alkyl halides is 1. The van der Waals surface area contributed by atoms with Gasteiger partial charge in [0.2, 0.25) is 0 Å². The van der Waals surface area contributed by atoms with Gasteiger partial charge in [-0.2, -0.15) is 0 Å². The zero-order chi connectivity index (χ0) is 15.7. The van der Waals surface area contributed by atoms with E-state index in [0.29, 0.717) is 21.5 Å². The molecule has 0 radical (unpaired) electrons. The number of ether oxygens (including phenoxy) is 2. The molecule has 114 valence electrons. The van der Waals surface area contributed by atoms with Gasteiger partial charge in [0.15, 0.2) is 21.3 Å². The monoisotopic (exact) mass is 384 g/mol. The van der Waals surface area contributed by atoms with Crippen molar-refractivity contribution in [2.45, 2.75) is 24.0 Å². The highest BCUT2D eigenvalue weighted by Crippen LogP contribution is 2.44. The van der Waals surface area contributed by atoms with Crippen molar-refractivity contribution in [2.24, 2.45) is 0 Å². The molecule has 0 saturated carbocycles. The summed E-state index contributed by atoms with van der Waals surface area (Å²) >= 11 is 9.80. The topological polar surface area (TPSA) is 52.6 Å². The molecular formula is C13H18BrClO4S. The molecule has 0 aromatic heterocycles. The number of halogens is 2. The lowest BCUT2D eigenvalue weighted by Gasteiger charge is -2.29. The smallest absolute Gasteiger partial charge is 0.161 e. The third-order valence-electron chi connectivity index (χ3n) is 3.34. The van der Waals surface area contributed by atoms with Crippen LogP contribution >= 0.6 is 27.5 Å². The standard InChI is InChI=1S/C13H18BrClO4S/c1-13(2,20(5,16)17)12(15)8-6-10(18-3)11(19-4)7-9(8)14/h6-7,12H,1-5H3. The molecule has 0 bridgehead atoms. The van der Waals surface area contributed by atoms with Crippen LogP contribution in [0.15, 0.2) is 16.6 Å². The van der Waals surface area contributed by atoms with Gasteiger partial charge in [-0.15, -0.1) is 11.6 Å². The number of rotatable bonds is 5. The number of benzene rings is 1. The van der Waals surface area contributed by atoms with E-state index in [2.05, 4.69) is 15.9 Å². The molecule has 1 atom stereocenters. The van der Waals surface area contributed by atoms with Crippen LogP contribution in [0, 0.1) is 0 Å². The van der Waals surface area contributed by atoms with Gasteiger partial charge in [-0.25, -0.2) is 8.42 Å². The van der Waals surface area contributed by atoms with Gasteiger partial charge in [-0.3, -0.25) is 0 Å². The van der Waals surface area contributed by atoms with Crippen molar-refractivity contribution >= 4 is 37.4 Å². The van der Waals surface area contributed by atoms with Gasteiger partial charge in [0.05, 0.1) is 24.3 Å². The van der Waals surface area contributed by atoms with Gasteiger partial charge in [0.25, 0.3) is 0 Å². The number of methoxy groups -OCH3 is 2.